The molecule has 1 aliphatic rings. The number of benzene rings is 1. The molecule has 0 saturated carbocycles. The molecule has 35 heavy (non-hydrogen) atoms. The summed E-state index contributed by atoms with van der Waals surface area (Å²) in [5, 5.41) is 9.47. The highest BCUT2D eigenvalue weighted by molar-refractivity contribution is 5.86. The van der Waals surface area contributed by atoms with Gasteiger partial charge in [0.25, 0.3) is 0 Å². The number of unbranched alkanes of at least 4 members (excludes halogenated alkanes) is 2. The molecule has 1 aliphatic heterocycles. The molecular formula is C28H40N2O5. The minimum atomic E-state index is -0.535. The molecule has 1 N–H and O–H groups in total. The molecular weight excluding hydrogens is 444 g/mol. The Morgan fingerprint density at radius 1 is 1.17 bits per heavy atom. The van der Waals surface area contributed by atoms with Gasteiger partial charge in [0.2, 0.25) is 11.8 Å². The van der Waals surface area contributed by atoms with Crippen molar-refractivity contribution in [1.82, 2.24) is 9.80 Å². The Bertz CT molecular complexity index is 826. The van der Waals surface area contributed by atoms with Gasteiger partial charge < -0.3 is 19.6 Å². The van der Waals surface area contributed by atoms with Gasteiger partial charge in [-0.25, -0.2) is 0 Å². The maximum Gasteiger partial charge on any atom is 0.305 e. The van der Waals surface area contributed by atoms with Gasteiger partial charge in [0.05, 0.1) is 18.6 Å². The quantitative estimate of drug-likeness (QED) is 0.219. The first kappa shape index (κ1) is 28.3. The number of aliphatic hydroxyl groups excluding tert-OH is 1. The van der Waals surface area contributed by atoms with Crippen molar-refractivity contribution >= 4 is 17.8 Å². The molecule has 1 saturated heterocycles. The van der Waals surface area contributed by atoms with Crippen molar-refractivity contribution in [3.8, 4) is 0 Å². The lowest BCUT2D eigenvalue weighted by Gasteiger charge is -2.29. The monoisotopic (exact) mass is 484 g/mol. The van der Waals surface area contributed by atoms with Gasteiger partial charge in [-0.05, 0) is 44.1 Å². The molecule has 2 unspecified atom stereocenters. The van der Waals surface area contributed by atoms with Gasteiger partial charge in [-0.15, -0.1) is 13.2 Å². The number of rotatable bonds is 16. The van der Waals surface area contributed by atoms with E-state index in [1.807, 2.05) is 36.4 Å². The number of carbonyl (C=O) groups is 3. The number of nitrogens with zero attached hydrogens (tertiary/aromatic N) is 2. The number of esters is 1. The van der Waals surface area contributed by atoms with Crippen molar-refractivity contribution in [2.24, 2.45) is 5.92 Å². The van der Waals surface area contributed by atoms with E-state index < -0.39 is 5.92 Å². The van der Waals surface area contributed by atoms with Gasteiger partial charge in [-0.1, -0.05) is 42.5 Å². The Hall–Kier alpha value is -2.93. The summed E-state index contributed by atoms with van der Waals surface area (Å²) in [5.74, 6) is -1.06. The maximum atomic E-state index is 13.4. The van der Waals surface area contributed by atoms with Gasteiger partial charge in [0.1, 0.15) is 6.61 Å². The highest BCUT2D eigenvalue weighted by Crippen LogP contribution is 2.24. The average molecular weight is 485 g/mol. The van der Waals surface area contributed by atoms with Gasteiger partial charge in [-0.3, -0.25) is 14.4 Å². The zero-order valence-corrected chi connectivity index (χ0v) is 20.8. The molecule has 7 heteroatoms. The van der Waals surface area contributed by atoms with Crippen LogP contribution in [0.1, 0.15) is 56.9 Å². The van der Waals surface area contributed by atoms with E-state index in [1.165, 1.54) is 0 Å². The highest BCUT2D eigenvalue weighted by Gasteiger charge is 2.35. The number of hydrogen-bond donors (Lipinski definition) is 1. The van der Waals surface area contributed by atoms with Crippen LogP contribution in [0.15, 0.2) is 55.6 Å². The summed E-state index contributed by atoms with van der Waals surface area (Å²) >= 11 is 0. The number of ether oxygens (including phenoxy) is 1. The number of allylic oxidation sites excluding steroid dienone is 2. The SMILES string of the molecule is C=CCCCCC(=O)OCC1CCCN1C(=O)C(CC=C)CC(=O)N(CCO)Cc1ccccc1. The first-order valence-electron chi connectivity index (χ1n) is 12.6. The summed E-state index contributed by atoms with van der Waals surface area (Å²) < 4.78 is 5.46. The summed E-state index contributed by atoms with van der Waals surface area (Å²) in [6, 6.07) is 9.41. The fourth-order valence-corrected chi connectivity index (χ4v) is 4.38. The van der Waals surface area contributed by atoms with Crippen LogP contribution in [0.2, 0.25) is 0 Å². The molecule has 1 aromatic carbocycles. The molecule has 7 nitrogen and oxygen atoms in total. The lowest BCUT2D eigenvalue weighted by atomic mass is 9.98. The first-order valence-corrected chi connectivity index (χ1v) is 12.6. The van der Waals surface area contributed by atoms with Crippen molar-refractivity contribution in [3.05, 3.63) is 61.2 Å². The number of likely N-dealkylation sites (tertiary alicyclic amines) is 1. The van der Waals surface area contributed by atoms with E-state index in [2.05, 4.69) is 13.2 Å². The van der Waals surface area contributed by atoms with Crippen molar-refractivity contribution < 1.29 is 24.2 Å². The number of hydrogen-bond acceptors (Lipinski definition) is 5. The standard InChI is InChI=1S/C28H40N2O5/c1-3-5-6-10-16-27(33)35-22-25-15-11-17-30(25)28(34)24(12-4-2)20-26(32)29(18-19-31)21-23-13-8-7-9-14-23/h3-4,7-9,13-14,24-25,31H,1-2,5-6,10-12,15-22H2. The van der Waals surface area contributed by atoms with E-state index in [-0.39, 0.29) is 50.0 Å². The second-order valence-electron chi connectivity index (χ2n) is 9.00. The molecule has 0 aromatic heterocycles. The molecule has 0 radical (unpaired) electrons. The zero-order chi connectivity index (χ0) is 25.5. The second-order valence-corrected chi connectivity index (χ2v) is 9.00. The van der Waals surface area contributed by atoms with E-state index >= 15 is 0 Å². The third-order valence-electron chi connectivity index (χ3n) is 6.30. The van der Waals surface area contributed by atoms with Crippen LogP contribution in [-0.4, -0.2) is 65.0 Å². The van der Waals surface area contributed by atoms with E-state index in [4.69, 9.17) is 4.74 Å². The van der Waals surface area contributed by atoms with Crippen molar-refractivity contribution in [2.75, 3.05) is 26.3 Å². The molecule has 0 aliphatic carbocycles. The minimum absolute atomic E-state index is 0.0456. The molecule has 2 atom stereocenters. The number of amides is 2. The fraction of sp³-hybridized carbons (Fsp3) is 0.536. The largest absolute Gasteiger partial charge is 0.463 e. The summed E-state index contributed by atoms with van der Waals surface area (Å²) in [4.78, 5) is 42.0. The van der Waals surface area contributed by atoms with Gasteiger partial charge in [-0.2, -0.15) is 0 Å². The molecule has 2 rings (SSSR count). The van der Waals surface area contributed by atoms with E-state index in [0.29, 0.717) is 25.9 Å². The molecule has 1 heterocycles. The van der Waals surface area contributed by atoms with Crippen LogP contribution in [0.5, 0.6) is 0 Å². The molecule has 1 aromatic rings. The van der Waals surface area contributed by atoms with E-state index in [9.17, 15) is 19.5 Å². The second kappa shape index (κ2) is 15.9. The van der Waals surface area contributed by atoms with E-state index in [1.54, 1.807) is 15.9 Å². The average Bonchev–Trinajstić information content (AvgIpc) is 3.33. The van der Waals surface area contributed by atoms with Crippen molar-refractivity contribution in [2.45, 2.75) is 64.0 Å². The van der Waals surface area contributed by atoms with E-state index in [0.717, 1.165) is 37.7 Å². The van der Waals surface area contributed by atoms with Crippen molar-refractivity contribution in [3.63, 3.8) is 0 Å². The van der Waals surface area contributed by atoms with Crippen LogP contribution >= 0.6 is 0 Å². The minimum Gasteiger partial charge on any atom is -0.463 e. The normalized spacial score (nSPS) is 15.9. The van der Waals surface area contributed by atoms with Crippen LogP contribution in [0.25, 0.3) is 0 Å². The highest BCUT2D eigenvalue weighted by atomic mass is 16.5. The van der Waals surface area contributed by atoms with Crippen LogP contribution < -0.4 is 0 Å². The summed E-state index contributed by atoms with van der Waals surface area (Å²) in [7, 11) is 0. The van der Waals surface area contributed by atoms with Gasteiger partial charge >= 0.3 is 5.97 Å². The smallest absolute Gasteiger partial charge is 0.305 e. The topological polar surface area (TPSA) is 87.2 Å². The molecule has 1 fully saturated rings. The summed E-state index contributed by atoms with van der Waals surface area (Å²) in [6.07, 6.45) is 8.45. The predicted octanol–water partition coefficient (Wildman–Crippen LogP) is 3.87. The third kappa shape index (κ3) is 9.68. The molecule has 2 amide bonds. The Kier molecular flexibility index (Phi) is 12.8. The number of aliphatic hydroxyl groups is 1. The lowest BCUT2D eigenvalue weighted by Crippen LogP contribution is -2.44. The fourth-order valence-electron chi connectivity index (χ4n) is 4.38. The molecule has 0 bridgehead atoms. The summed E-state index contributed by atoms with van der Waals surface area (Å²) in [6.45, 7) is 8.67. The first-order chi connectivity index (χ1) is 17.0. The summed E-state index contributed by atoms with van der Waals surface area (Å²) in [5.41, 5.74) is 0.965. The third-order valence-corrected chi connectivity index (χ3v) is 6.30. The van der Waals surface area contributed by atoms with Crippen LogP contribution in [0.4, 0.5) is 0 Å². The predicted molar refractivity (Wildman–Crippen MR) is 136 cm³/mol. The molecule has 192 valence electrons. The van der Waals surface area contributed by atoms with Gasteiger partial charge in [0, 0.05) is 32.5 Å². The Morgan fingerprint density at radius 2 is 1.94 bits per heavy atom. The lowest BCUT2D eigenvalue weighted by molar-refractivity contribution is -0.149. The van der Waals surface area contributed by atoms with Crippen LogP contribution in [0, 0.1) is 5.92 Å². The van der Waals surface area contributed by atoms with Crippen LogP contribution in [-0.2, 0) is 25.7 Å². The maximum absolute atomic E-state index is 13.4. The molecule has 0 spiro atoms. The Balaban J connectivity index is 1.96. The Labute approximate surface area is 209 Å². The van der Waals surface area contributed by atoms with Gasteiger partial charge in [0.15, 0.2) is 0 Å². The Morgan fingerprint density at radius 3 is 2.63 bits per heavy atom. The van der Waals surface area contributed by atoms with Crippen molar-refractivity contribution in [1.29, 1.82) is 0 Å². The number of carbonyl (C=O) groups excluding carboxylic acids is 3. The zero-order valence-electron chi connectivity index (χ0n) is 20.8. The van der Waals surface area contributed by atoms with Crippen LogP contribution in [0.3, 0.4) is 0 Å².